The monoisotopic (exact) mass is 615 g/mol. The van der Waals surface area contributed by atoms with Crippen molar-refractivity contribution in [1.29, 1.82) is 0 Å². The van der Waals surface area contributed by atoms with Gasteiger partial charge in [-0.1, -0.05) is 66.7 Å². The van der Waals surface area contributed by atoms with Gasteiger partial charge in [0.05, 0.1) is 11.9 Å². The quantitative estimate of drug-likeness (QED) is 0.300. The lowest BCUT2D eigenvalue weighted by molar-refractivity contribution is -0.141. The van der Waals surface area contributed by atoms with Crippen LogP contribution >= 0.6 is 34.8 Å². The highest BCUT2D eigenvalue weighted by molar-refractivity contribution is 7.92. The number of halogens is 3. The average molecular weight is 617 g/mol. The van der Waals surface area contributed by atoms with Crippen LogP contribution in [0.1, 0.15) is 63.0 Å². The second-order valence-corrected chi connectivity index (χ2v) is 13.2. The number of nitrogens with one attached hydrogen (secondary N) is 1. The van der Waals surface area contributed by atoms with Crippen LogP contribution in [0.2, 0.25) is 15.1 Å². The highest BCUT2D eigenvalue weighted by atomic mass is 35.5. The first-order valence-corrected chi connectivity index (χ1v) is 16.2. The van der Waals surface area contributed by atoms with E-state index in [1.807, 2.05) is 6.92 Å². The molecule has 0 spiro atoms. The number of carbonyl (C=O) groups is 2. The summed E-state index contributed by atoms with van der Waals surface area (Å²) in [7, 11) is -3.63. The summed E-state index contributed by atoms with van der Waals surface area (Å²) in [5, 5.41) is 4.42. The molecule has 1 unspecified atom stereocenters. The summed E-state index contributed by atoms with van der Waals surface area (Å²) in [6.07, 6.45) is 5.87. The van der Waals surface area contributed by atoms with E-state index in [4.69, 9.17) is 34.8 Å². The average Bonchev–Trinajstić information content (AvgIpc) is 3.37. The normalized spacial score (nSPS) is 14.7. The highest BCUT2D eigenvalue weighted by Crippen LogP contribution is 2.28. The number of hydrogen-bond donors (Lipinski definition) is 1. The molecule has 2 amide bonds. The molecule has 0 saturated heterocycles. The van der Waals surface area contributed by atoms with Crippen LogP contribution in [0.25, 0.3) is 0 Å². The Morgan fingerprint density at radius 1 is 1.05 bits per heavy atom. The maximum Gasteiger partial charge on any atom is 0.243 e. The fourth-order valence-corrected chi connectivity index (χ4v) is 6.60. The SMILES string of the molecule is CCC(C(=O)NC1CCCC1)N(Cc1ccc(Cl)cc1Cl)C(=O)CCCN(c1cc(Cl)ccc1C)S(C)(=O)=O. The predicted molar refractivity (Wildman–Crippen MR) is 159 cm³/mol. The van der Waals surface area contributed by atoms with Gasteiger partial charge in [0.2, 0.25) is 21.8 Å². The Kier molecular flexibility index (Phi) is 11.4. The molecule has 0 radical (unpaired) electrons. The van der Waals surface area contributed by atoms with E-state index >= 15 is 0 Å². The number of nitrogens with zero attached hydrogens (tertiary/aromatic N) is 2. The first-order valence-electron chi connectivity index (χ1n) is 13.2. The summed E-state index contributed by atoms with van der Waals surface area (Å²) in [5.41, 5.74) is 1.91. The van der Waals surface area contributed by atoms with E-state index in [1.165, 1.54) is 4.31 Å². The van der Waals surface area contributed by atoms with Gasteiger partial charge in [0.15, 0.2) is 0 Å². The van der Waals surface area contributed by atoms with E-state index < -0.39 is 16.1 Å². The summed E-state index contributed by atoms with van der Waals surface area (Å²) >= 11 is 18.6. The van der Waals surface area contributed by atoms with E-state index in [2.05, 4.69) is 5.32 Å². The molecule has 0 aromatic heterocycles. The molecule has 0 aliphatic heterocycles. The maximum absolute atomic E-state index is 13.6. The molecular weight excluding hydrogens is 581 g/mol. The number of sulfonamides is 1. The Morgan fingerprint density at radius 3 is 2.31 bits per heavy atom. The van der Waals surface area contributed by atoms with Crippen LogP contribution in [0.5, 0.6) is 0 Å². The van der Waals surface area contributed by atoms with E-state index in [9.17, 15) is 18.0 Å². The van der Waals surface area contributed by atoms with E-state index in [1.54, 1.807) is 48.2 Å². The molecule has 11 heteroatoms. The van der Waals surface area contributed by atoms with Gasteiger partial charge in [-0.05, 0) is 68.0 Å². The second kappa shape index (κ2) is 14.1. The van der Waals surface area contributed by atoms with Gasteiger partial charge in [-0.25, -0.2) is 8.42 Å². The zero-order chi connectivity index (χ0) is 28.7. The third-order valence-corrected chi connectivity index (χ3v) is 9.04. The minimum atomic E-state index is -3.63. The zero-order valence-electron chi connectivity index (χ0n) is 22.6. The van der Waals surface area contributed by atoms with Crippen molar-refractivity contribution in [3.05, 3.63) is 62.6 Å². The molecule has 2 aromatic rings. The van der Waals surface area contributed by atoms with Crippen molar-refractivity contribution in [3.63, 3.8) is 0 Å². The molecule has 1 aliphatic rings. The lowest BCUT2D eigenvalue weighted by Gasteiger charge is -2.32. The Labute approximate surface area is 246 Å². The number of anilines is 1. The van der Waals surface area contributed by atoms with Gasteiger partial charge in [0.25, 0.3) is 0 Å². The predicted octanol–water partition coefficient (Wildman–Crippen LogP) is 6.37. The second-order valence-electron chi connectivity index (χ2n) is 10.0. The van der Waals surface area contributed by atoms with Gasteiger partial charge in [-0.3, -0.25) is 13.9 Å². The summed E-state index contributed by atoms with van der Waals surface area (Å²) in [5.74, 6) is -0.444. The number of hydrogen-bond acceptors (Lipinski definition) is 4. The number of carbonyl (C=O) groups excluding carboxylic acids is 2. The van der Waals surface area contributed by atoms with Gasteiger partial charge in [-0.15, -0.1) is 0 Å². The van der Waals surface area contributed by atoms with E-state index in [-0.39, 0.29) is 43.8 Å². The summed E-state index contributed by atoms with van der Waals surface area (Å²) in [4.78, 5) is 28.5. The summed E-state index contributed by atoms with van der Waals surface area (Å²) in [6.45, 7) is 3.90. The first kappa shape index (κ1) is 31.5. The van der Waals surface area contributed by atoms with E-state index in [0.717, 1.165) is 37.5 Å². The van der Waals surface area contributed by atoms with Crippen LogP contribution in [0.3, 0.4) is 0 Å². The van der Waals surface area contributed by atoms with Gasteiger partial charge >= 0.3 is 0 Å². The fourth-order valence-electron chi connectivity index (χ4n) is 4.95. The van der Waals surface area contributed by atoms with Crippen molar-refractivity contribution in [2.24, 2.45) is 0 Å². The molecule has 1 fully saturated rings. The van der Waals surface area contributed by atoms with Crippen LogP contribution in [0.4, 0.5) is 5.69 Å². The number of amides is 2. The first-order chi connectivity index (χ1) is 18.4. The van der Waals surface area contributed by atoms with Gasteiger partial charge in [-0.2, -0.15) is 0 Å². The molecule has 0 bridgehead atoms. The molecule has 1 saturated carbocycles. The van der Waals surface area contributed by atoms with Gasteiger partial charge < -0.3 is 10.2 Å². The van der Waals surface area contributed by atoms with Crippen molar-refractivity contribution in [1.82, 2.24) is 10.2 Å². The summed E-state index contributed by atoms with van der Waals surface area (Å²) < 4.78 is 26.5. The Hall–Kier alpha value is -2.00. The number of rotatable bonds is 12. The topological polar surface area (TPSA) is 86.8 Å². The lowest BCUT2D eigenvalue weighted by atomic mass is 10.1. The highest BCUT2D eigenvalue weighted by Gasteiger charge is 2.31. The fraction of sp³-hybridized carbons (Fsp3) is 0.500. The third-order valence-electron chi connectivity index (χ3n) is 7.04. The molecule has 1 aliphatic carbocycles. The standard InChI is InChI=1S/C28H36Cl3N3O4S/c1-4-25(28(36)32-23-8-5-6-9-23)33(18-20-12-14-21(29)16-24(20)31)27(35)10-7-15-34(39(3,37)38)26-17-22(30)13-11-19(26)2/h11-14,16-17,23,25H,4-10,15,18H2,1-3H3,(H,32,36). The molecule has 3 rings (SSSR count). The number of benzene rings is 2. The molecule has 7 nitrogen and oxygen atoms in total. The molecule has 2 aromatic carbocycles. The van der Waals surface area contributed by atoms with Crippen LogP contribution < -0.4 is 9.62 Å². The molecular formula is C28H36Cl3N3O4S. The minimum absolute atomic E-state index is 0.0457. The molecule has 0 heterocycles. The molecule has 39 heavy (non-hydrogen) atoms. The van der Waals surface area contributed by atoms with Crippen LogP contribution in [-0.2, 0) is 26.2 Å². The van der Waals surface area contributed by atoms with E-state index in [0.29, 0.717) is 32.7 Å². The minimum Gasteiger partial charge on any atom is -0.352 e. The molecule has 1 atom stereocenters. The Morgan fingerprint density at radius 2 is 1.69 bits per heavy atom. The molecule has 214 valence electrons. The van der Waals surface area contributed by atoms with Gasteiger partial charge in [0, 0.05) is 40.6 Å². The van der Waals surface area contributed by atoms with Crippen LogP contribution in [-0.4, -0.2) is 50.0 Å². The van der Waals surface area contributed by atoms with Crippen molar-refractivity contribution in [3.8, 4) is 0 Å². The Balaban J connectivity index is 1.81. The summed E-state index contributed by atoms with van der Waals surface area (Å²) in [6, 6.07) is 9.55. The van der Waals surface area contributed by atoms with Crippen molar-refractivity contribution in [2.45, 2.75) is 77.4 Å². The smallest absolute Gasteiger partial charge is 0.243 e. The largest absolute Gasteiger partial charge is 0.352 e. The van der Waals surface area contributed by atoms with Crippen molar-refractivity contribution < 1.29 is 18.0 Å². The van der Waals surface area contributed by atoms with Crippen LogP contribution in [0, 0.1) is 6.92 Å². The van der Waals surface area contributed by atoms with Crippen molar-refractivity contribution in [2.75, 3.05) is 17.1 Å². The molecule has 1 N–H and O–H groups in total. The van der Waals surface area contributed by atoms with Crippen molar-refractivity contribution >= 4 is 62.3 Å². The zero-order valence-corrected chi connectivity index (χ0v) is 25.6. The lowest BCUT2D eigenvalue weighted by Crippen LogP contribution is -2.51. The van der Waals surface area contributed by atoms with Gasteiger partial charge in [0.1, 0.15) is 6.04 Å². The van der Waals surface area contributed by atoms with Crippen LogP contribution in [0.15, 0.2) is 36.4 Å². The maximum atomic E-state index is 13.6. The third kappa shape index (κ3) is 8.74. The number of aryl methyl sites for hydroxylation is 1. The Bertz CT molecular complexity index is 1280.